The van der Waals surface area contributed by atoms with Gasteiger partial charge in [0.05, 0.1) is 30.6 Å². The fourth-order valence-corrected chi connectivity index (χ4v) is 5.21. The van der Waals surface area contributed by atoms with Crippen LogP contribution in [0.15, 0.2) is 47.4 Å². The number of amides is 1. The van der Waals surface area contributed by atoms with Crippen LogP contribution in [0.25, 0.3) is 0 Å². The molecule has 10 heteroatoms. The first-order valence-electron chi connectivity index (χ1n) is 10.9. The fourth-order valence-electron chi connectivity index (χ4n) is 4.38. The third-order valence-electron chi connectivity index (χ3n) is 6.19. The molecule has 32 heavy (non-hydrogen) atoms. The highest BCUT2D eigenvalue weighted by molar-refractivity contribution is 7.88. The lowest BCUT2D eigenvalue weighted by molar-refractivity contribution is -0.137. The summed E-state index contributed by atoms with van der Waals surface area (Å²) in [6.07, 6.45) is 4.54. The molecule has 2 aromatic rings. The Bertz CT molecular complexity index is 1110. The minimum absolute atomic E-state index is 0.0632. The second kappa shape index (κ2) is 9.41. The third-order valence-corrected chi connectivity index (χ3v) is 7.49. The summed E-state index contributed by atoms with van der Waals surface area (Å²) >= 11 is 0. The zero-order chi connectivity index (χ0) is 22.7. The molecule has 0 unspecified atom stereocenters. The molecular weight excluding hydrogens is 430 g/mol. The van der Waals surface area contributed by atoms with E-state index in [2.05, 4.69) is 10.00 Å². The number of rotatable bonds is 5. The van der Waals surface area contributed by atoms with Gasteiger partial charge in [-0.15, -0.1) is 0 Å². The first-order valence-corrected chi connectivity index (χ1v) is 12.8. The molecule has 0 radical (unpaired) electrons. The highest BCUT2D eigenvalue weighted by Crippen LogP contribution is 2.24. The van der Waals surface area contributed by atoms with Crippen LogP contribution in [0.5, 0.6) is 0 Å². The minimum atomic E-state index is -3.22. The van der Waals surface area contributed by atoms with Gasteiger partial charge in [-0.1, -0.05) is 30.3 Å². The second-order valence-electron chi connectivity index (χ2n) is 8.47. The highest BCUT2D eigenvalue weighted by atomic mass is 32.2. The first-order chi connectivity index (χ1) is 15.3. The Labute approximate surface area is 188 Å². The van der Waals surface area contributed by atoms with E-state index in [4.69, 9.17) is 0 Å². The fraction of sp³-hybridized carbons (Fsp3) is 0.500. The van der Waals surface area contributed by atoms with Crippen molar-refractivity contribution < 1.29 is 13.2 Å². The number of anilines is 1. The maximum atomic E-state index is 13.1. The number of carbonyl (C=O) groups is 1. The summed E-state index contributed by atoms with van der Waals surface area (Å²) in [5.74, 6) is -0.103. The average molecular weight is 460 g/mol. The molecule has 2 aliphatic heterocycles. The second-order valence-corrected chi connectivity index (χ2v) is 10.5. The maximum absolute atomic E-state index is 13.1. The summed E-state index contributed by atoms with van der Waals surface area (Å²) < 4.78 is 26.3. The van der Waals surface area contributed by atoms with E-state index in [-0.39, 0.29) is 17.4 Å². The van der Waals surface area contributed by atoms with Crippen molar-refractivity contribution >= 4 is 21.6 Å². The van der Waals surface area contributed by atoms with E-state index in [1.807, 2.05) is 30.3 Å². The average Bonchev–Trinajstić information content (AvgIpc) is 2.80. The van der Waals surface area contributed by atoms with Crippen LogP contribution in [0.4, 0.5) is 5.69 Å². The van der Waals surface area contributed by atoms with Gasteiger partial charge >= 0.3 is 0 Å². The summed E-state index contributed by atoms with van der Waals surface area (Å²) in [5, 5.41) is 4.34. The van der Waals surface area contributed by atoms with Crippen molar-refractivity contribution in [1.29, 1.82) is 0 Å². The van der Waals surface area contributed by atoms with Crippen LogP contribution in [0.1, 0.15) is 18.4 Å². The van der Waals surface area contributed by atoms with Crippen molar-refractivity contribution in [2.45, 2.75) is 19.4 Å². The van der Waals surface area contributed by atoms with Crippen molar-refractivity contribution in [2.75, 3.05) is 50.4 Å². The molecule has 0 spiro atoms. The summed E-state index contributed by atoms with van der Waals surface area (Å²) in [7, 11) is -3.22. The highest BCUT2D eigenvalue weighted by Gasteiger charge is 2.32. The predicted molar refractivity (Wildman–Crippen MR) is 122 cm³/mol. The van der Waals surface area contributed by atoms with Gasteiger partial charge in [-0.25, -0.2) is 13.1 Å². The number of piperidine rings is 1. The molecule has 3 heterocycles. The van der Waals surface area contributed by atoms with Crippen molar-refractivity contribution in [2.24, 2.45) is 5.92 Å². The van der Waals surface area contributed by atoms with Gasteiger partial charge in [0, 0.05) is 45.3 Å². The monoisotopic (exact) mass is 459 g/mol. The molecule has 2 saturated heterocycles. The molecule has 0 saturated carbocycles. The Hall–Kier alpha value is -2.72. The van der Waals surface area contributed by atoms with Gasteiger partial charge in [0.1, 0.15) is 0 Å². The van der Waals surface area contributed by atoms with Gasteiger partial charge in [-0.05, 0) is 18.4 Å². The van der Waals surface area contributed by atoms with Gasteiger partial charge in [0.25, 0.3) is 5.56 Å². The molecule has 1 aromatic heterocycles. The molecule has 0 N–H and O–H groups in total. The van der Waals surface area contributed by atoms with E-state index in [9.17, 15) is 18.0 Å². The van der Waals surface area contributed by atoms with E-state index in [0.717, 1.165) is 30.6 Å². The molecular formula is C22H29N5O4S. The van der Waals surface area contributed by atoms with Crippen LogP contribution in [0.2, 0.25) is 0 Å². The molecule has 2 fully saturated rings. The molecule has 0 bridgehead atoms. The Morgan fingerprint density at radius 3 is 2.47 bits per heavy atom. The number of aromatic nitrogens is 2. The summed E-state index contributed by atoms with van der Waals surface area (Å²) in [4.78, 5) is 29.5. The SMILES string of the molecule is CS(=O)(=O)N1CCN(C(=O)[C@H]2CCCN(c3cnn(Cc4ccccc4)c(=O)c3)C2)CC1. The van der Waals surface area contributed by atoms with E-state index < -0.39 is 10.0 Å². The number of hydrogen-bond donors (Lipinski definition) is 0. The molecule has 1 amide bonds. The van der Waals surface area contributed by atoms with Crippen LogP contribution in [-0.2, 0) is 21.4 Å². The van der Waals surface area contributed by atoms with Crippen LogP contribution >= 0.6 is 0 Å². The Balaban J connectivity index is 1.39. The number of piperazine rings is 1. The largest absolute Gasteiger partial charge is 0.369 e. The Kier molecular flexibility index (Phi) is 6.61. The number of benzene rings is 1. The molecule has 1 atom stereocenters. The lowest BCUT2D eigenvalue weighted by Gasteiger charge is -2.38. The number of sulfonamides is 1. The van der Waals surface area contributed by atoms with Crippen molar-refractivity contribution in [3.63, 3.8) is 0 Å². The lowest BCUT2D eigenvalue weighted by Crippen LogP contribution is -2.53. The van der Waals surface area contributed by atoms with Gasteiger partial charge < -0.3 is 9.80 Å². The molecule has 9 nitrogen and oxygen atoms in total. The predicted octanol–water partition coefficient (Wildman–Crippen LogP) is 0.612. The normalized spacial score (nSPS) is 20.3. The first kappa shape index (κ1) is 22.5. The van der Waals surface area contributed by atoms with Gasteiger partial charge in [0.15, 0.2) is 0 Å². The van der Waals surface area contributed by atoms with Crippen molar-refractivity contribution in [3.8, 4) is 0 Å². The number of hydrogen-bond acceptors (Lipinski definition) is 6. The van der Waals surface area contributed by atoms with Crippen LogP contribution in [0, 0.1) is 5.92 Å². The quantitative estimate of drug-likeness (QED) is 0.650. The summed E-state index contributed by atoms with van der Waals surface area (Å²) in [6, 6.07) is 11.3. The smallest absolute Gasteiger partial charge is 0.269 e. The standard InChI is InChI=1S/C22H29N5O4S/c1-32(30,31)26-12-10-24(11-13-26)22(29)19-8-5-9-25(17-19)20-14-21(28)27(23-15-20)16-18-6-3-2-4-7-18/h2-4,6-7,14-15,19H,5,8-13,16-17H2,1H3/t19-/m0/s1. The molecule has 0 aliphatic carbocycles. The maximum Gasteiger partial charge on any atom is 0.269 e. The van der Waals surface area contributed by atoms with Crippen molar-refractivity contribution in [1.82, 2.24) is 19.0 Å². The van der Waals surface area contributed by atoms with E-state index in [1.54, 1.807) is 17.2 Å². The minimum Gasteiger partial charge on any atom is -0.369 e. The van der Waals surface area contributed by atoms with Gasteiger partial charge in [0.2, 0.25) is 15.9 Å². The Morgan fingerprint density at radius 2 is 1.81 bits per heavy atom. The summed E-state index contributed by atoms with van der Waals surface area (Å²) in [5.41, 5.74) is 1.57. The molecule has 1 aromatic carbocycles. The zero-order valence-electron chi connectivity index (χ0n) is 18.3. The molecule has 2 aliphatic rings. The van der Waals surface area contributed by atoms with E-state index >= 15 is 0 Å². The molecule has 172 valence electrons. The van der Waals surface area contributed by atoms with Gasteiger partial charge in [-0.3, -0.25) is 9.59 Å². The van der Waals surface area contributed by atoms with Crippen LogP contribution < -0.4 is 10.5 Å². The van der Waals surface area contributed by atoms with Crippen LogP contribution in [0.3, 0.4) is 0 Å². The topological polar surface area (TPSA) is 95.8 Å². The van der Waals surface area contributed by atoms with E-state index in [1.165, 1.54) is 15.2 Å². The lowest BCUT2D eigenvalue weighted by atomic mass is 9.96. The third kappa shape index (κ3) is 5.18. The van der Waals surface area contributed by atoms with E-state index in [0.29, 0.717) is 39.3 Å². The zero-order valence-corrected chi connectivity index (χ0v) is 19.1. The van der Waals surface area contributed by atoms with Crippen LogP contribution in [-0.4, -0.2) is 78.8 Å². The Morgan fingerprint density at radius 1 is 1.09 bits per heavy atom. The number of nitrogens with zero attached hydrogens (tertiary/aromatic N) is 5. The summed E-state index contributed by atoms with van der Waals surface area (Å²) in [6.45, 7) is 3.24. The number of carbonyl (C=O) groups excluding carboxylic acids is 1. The molecule has 4 rings (SSSR count). The van der Waals surface area contributed by atoms with Crippen molar-refractivity contribution in [3.05, 3.63) is 58.5 Å². The van der Waals surface area contributed by atoms with Gasteiger partial charge in [-0.2, -0.15) is 9.40 Å².